The highest BCUT2D eigenvalue weighted by molar-refractivity contribution is 7.99. The van der Waals surface area contributed by atoms with E-state index in [2.05, 4.69) is 154 Å². The molecule has 0 unspecified atom stereocenters. The Labute approximate surface area is 326 Å². The monoisotopic (exact) mass is 736 g/mol. The van der Waals surface area contributed by atoms with E-state index in [1.807, 2.05) is 48.8 Å². The molecule has 0 atom stereocenters. The summed E-state index contributed by atoms with van der Waals surface area (Å²) in [5, 5.41) is 16.3. The third kappa shape index (κ3) is 4.97. The summed E-state index contributed by atoms with van der Waals surface area (Å²) in [6.07, 6.45) is 3.74. The largest absolute Gasteiger partial charge is 0.308 e. The first-order valence-electron chi connectivity index (χ1n) is 18.3. The van der Waals surface area contributed by atoms with Crippen LogP contribution in [0.1, 0.15) is 5.56 Å². The Bertz CT molecular complexity index is 3230. The Kier molecular flexibility index (Phi) is 7.98. The van der Waals surface area contributed by atoms with E-state index in [0.717, 1.165) is 76.4 Å². The molecule has 6 nitrogen and oxygen atoms in total. The fourth-order valence-electron chi connectivity index (χ4n) is 8.26. The van der Waals surface area contributed by atoms with Gasteiger partial charge in [0.2, 0.25) is 0 Å². The van der Waals surface area contributed by atoms with Gasteiger partial charge in [-0.3, -0.25) is 9.13 Å². The van der Waals surface area contributed by atoms with E-state index in [9.17, 15) is 5.26 Å². The molecule has 5 heterocycles. The zero-order chi connectivity index (χ0) is 37.8. The molecule has 11 aromatic rings. The minimum atomic E-state index is 0.660. The van der Waals surface area contributed by atoms with Crippen LogP contribution in [0.25, 0.3) is 82.7 Å². The van der Waals surface area contributed by atoms with Gasteiger partial charge in [-0.05, 0) is 91.0 Å². The van der Waals surface area contributed by atoms with Gasteiger partial charge in [0, 0.05) is 60.2 Å². The Balaban J connectivity index is 0.00000189. The molecule has 0 aliphatic carbocycles. The van der Waals surface area contributed by atoms with Crippen molar-refractivity contribution in [2.24, 2.45) is 0 Å². The van der Waals surface area contributed by atoms with Crippen molar-refractivity contribution < 1.29 is 0 Å². The number of aromatic nitrogens is 5. The molecule has 0 N–H and O–H groups in total. The lowest BCUT2D eigenvalue weighted by atomic mass is 10.0. The van der Waals surface area contributed by atoms with Gasteiger partial charge in [-0.25, -0.2) is 9.97 Å². The highest BCUT2D eigenvalue weighted by atomic mass is 32.2. The van der Waals surface area contributed by atoms with Crippen molar-refractivity contribution in [1.29, 1.82) is 5.26 Å². The first kappa shape index (κ1) is 33.2. The molecule has 0 saturated carbocycles. The molecular formula is C49H32N6S. The van der Waals surface area contributed by atoms with Crippen molar-refractivity contribution in [3.8, 4) is 23.4 Å². The number of fused-ring (bicyclic) bond motifs is 12. The molecule has 0 aliphatic heterocycles. The van der Waals surface area contributed by atoms with Gasteiger partial charge >= 0.3 is 0 Å². The van der Waals surface area contributed by atoms with Gasteiger partial charge in [-0.2, -0.15) is 5.26 Å². The van der Waals surface area contributed by atoms with E-state index in [-0.39, 0.29) is 0 Å². The van der Waals surface area contributed by atoms with Gasteiger partial charge in [-0.1, -0.05) is 78.5 Å². The number of rotatable bonds is 5. The van der Waals surface area contributed by atoms with Crippen LogP contribution in [-0.2, 0) is 0 Å². The average Bonchev–Trinajstić information content (AvgIpc) is 3.92. The molecule has 0 aliphatic rings. The van der Waals surface area contributed by atoms with Gasteiger partial charge in [-0.15, -0.1) is 13.2 Å². The minimum absolute atomic E-state index is 0.660. The predicted molar refractivity (Wildman–Crippen MR) is 232 cm³/mol. The number of hydrogen-bond acceptors (Lipinski definition) is 4. The van der Waals surface area contributed by atoms with Crippen LogP contribution in [0.3, 0.4) is 0 Å². The Hall–Kier alpha value is -7.40. The molecule has 0 fully saturated rings. The van der Waals surface area contributed by atoms with Gasteiger partial charge in [0.15, 0.2) is 0 Å². The normalized spacial score (nSPS) is 11.4. The number of pyridine rings is 2. The summed E-state index contributed by atoms with van der Waals surface area (Å²) < 4.78 is 7.14. The standard InChI is InChI=1S/C47H28N6S.C2H4/c48-29-30-19-23-32(24-20-30)54-33-25-21-31(22-26-33)51-37-14-4-1-11-34(37)42-45(51)43-35-12-2-5-15-38(35)52(40-17-7-9-27-49-40)47(43)44-36-13-3-6-16-39(36)53(46(42)44)41-18-8-10-28-50-41;1-2/h1-28H;1-2H2. The minimum Gasteiger partial charge on any atom is -0.308 e. The average molecular weight is 737 g/mol. The van der Waals surface area contributed by atoms with E-state index in [4.69, 9.17) is 9.97 Å². The quantitative estimate of drug-likeness (QED) is 0.165. The molecule has 5 aromatic heterocycles. The maximum Gasteiger partial charge on any atom is 0.137 e. The third-order valence-electron chi connectivity index (χ3n) is 10.4. The van der Waals surface area contributed by atoms with E-state index in [1.165, 1.54) is 16.2 Å². The Morgan fingerprint density at radius 1 is 0.446 bits per heavy atom. The van der Waals surface area contributed by atoms with Crippen LogP contribution < -0.4 is 0 Å². The lowest BCUT2D eigenvalue weighted by Crippen LogP contribution is -1.99. The van der Waals surface area contributed by atoms with Crippen LogP contribution >= 0.6 is 11.8 Å². The van der Waals surface area contributed by atoms with Gasteiger partial charge < -0.3 is 4.57 Å². The van der Waals surface area contributed by atoms with E-state index < -0.39 is 0 Å². The van der Waals surface area contributed by atoms with Crippen LogP contribution in [0.15, 0.2) is 193 Å². The fraction of sp³-hybridized carbons (Fsp3) is 0. The molecule has 0 bridgehead atoms. The zero-order valence-electron chi connectivity index (χ0n) is 30.2. The molecular weight excluding hydrogens is 705 g/mol. The second kappa shape index (κ2) is 13.5. The summed E-state index contributed by atoms with van der Waals surface area (Å²) in [7, 11) is 0. The predicted octanol–water partition coefficient (Wildman–Crippen LogP) is 12.6. The lowest BCUT2D eigenvalue weighted by molar-refractivity contribution is 1.08. The molecule has 7 heteroatoms. The number of benzene rings is 6. The van der Waals surface area contributed by atoms with Crippen molar-refractivity contribution in [2.45, 2.75) is 9.79 Å². The number of para-hydroxylation sites is 3. The Morgan fingerprint density at radius 3 is 1.27 bits per heavy atom. The van der Waals surface area contributed by atoms with Crippen LogP contribution in [0, 0.1) is 11.3 Å². The van der Waals surface area contributed by atoms with Gasteiger partial charge in [0.25, 0.3) is 0 Å². The summed E-state index contributed by atoms with van der Waals surface area (Å²) in [6.45, 7) is 6.00. The second-order valence-corrected chi connectivity index (χ2v) is 14.5. The van der Waals surface area contributed by atoms with Crippen molar-refractivity contribution in [3.05, 3.63) is 189 Å². The fourth-order valence-corrected chi connectivity index (χ4v) is 9.08. The summed E-state index contributed by atoms with van der Waals surface area (Å²) in [5.41, 5.74) is 8.41. The van der Waals surface area contributed by atoms with Crippen molar-refractivity contribution in [1.82, 2.24) is 23.7 Å². The molecule has 6 aromatic carbocycles. The van der Waals surface area contributed by atoms with Crippen molar-refractivity contribution >= 4 is 77.2 Å². The first-order chi connectivity index (χ1) is 27.8. The summed E-state index contributed by atoms with van der Waals surface area (Å²) in [4.78, 5) is 12.1. The first-order valence-corrected chi connectivity index (χ1v) is 19.1. The summed E-state index contributed by atoms with van der Waals surface area (Å²) in [5.74, 6) is 1.73. The van der Waals surface area contributed by atoms with Crippen molar-refractivity contribution in [3.63, 3.8) is 0 Å². The smallest absolute Gasteiger partial charge is 0.137 e. The van der Waals surface area contributed by atoms with E-state index in [1.54, 1.807) is 11.8 Å². The maximum atomic E-state index is 9.27. The molecule has 0 saturated heterocycles. The van der Waals surface area contributed by atoms with Crippen LogP contribution in [0.2, 0.25) is 0 Å². The van der Waals surface area contributed by atoms with Crippen LogP contribution in [-0.4, -0.2) is 23.7 Å². The van der Waals surface area contributed by atoms with Gasteiger partial charge in [0.05, 0.1) is 44.7 Å². The lowest BCUT2D eigenvalue weighted by Gasteiger charge is -2.13. The Morgan fingerprint density at radius 2 is 0.839 bits per heavy atom. The second-order valence-electron chi connectivity index (χ2n) is 13.3. The molecule has 0 spiro atoms. The highest BCUT2D eigenvalue weighted by Crippen LogP contribution is 2.50. The van der Waals surface area contributed by atoms with Crippen LogP contribution in [0.4, 0.5) is 0 Å². The number of nitrogens with zero attached hydrogens (tertiary/aromatic N) is 6. The molecule has 0 amide bonds. The van der Waals surface area contributed by atoms with Crippen molar-refractivity contribution in [2.75, 3.05) is 0 Å². The molecule has 0 radical (unpaired) electrons. The topological polar surface area (TPSA) is 64.4 Å². The molecule has 11 rings (SSSR count). The van der Waals surface area contributed by atoms with Crippen LogP contribution in [0.5, 0.6) is 0 Å². The maximum absolute atomic E-state index is 9.27. The molecule has 56 heavy (non-hydrogen) atoms. The summed E-state index contributed by atoms with van der Waals surface area (Å²) >= 11 is 1.69. The number of hydrogen-bond donors (Lipinski definition) is 0. The highest BCUT2D eigenvalue weighted by Gasteiger charge is 2.29. The third-order valence-corrected chi connectivity index (χ3v) is 11.4. The number of nitriles is 1. The van der Waals surface area contributed by atoms with Gasteiger partial charge in [0.1, 0.15) is 11.6 Å². The summed E-state index contributed by atoms with van der Waals surface area (Å²) in [6, 6.07) is 57.2. The SMILES string of the molecule is C=C.N#Cc1ccc(Sc2ccc(-n3c4ccccc4c4c3c3c5ccccc5n(-c5ccccn5)c3c3c5ccccc5n(-c5ccccn5)c43)cc2)cc1. The van der Waals surface area contributed by atoms with E-state index in [0.29, 0.717) is 5.56 Å². The van der Waals surface area contributed by atoms with E-state index >= 15 is 0 Å². The zero-order valence-corrected chi connectivity index (χ0v) is 31.0. The molecule has 264 valence electrons.